The lowest BCUT2D eigenvalue weighted by atomic mass is 10.1. The molecular weight excluding hydrogens is 354 g/mol. The maximum atomic E-state index is 12.7. The monoisotopic (exact) mass is 377 g/mol. The van der Waals surface area contributed by atoms with E-state index in [2.05, 4.69) is 5.10 Å². The second-order valence-electron chi connectivity index (χ2n) is 6.47. The second kappa shape index (κ2) is 8.52. The molecule has 2 aromatic carbocycles. The van der Waals surface area contributed by atoms with Gasteiger partial charge in [-0.05, 0) is 43.7 Å². The molecule has 0 aliphatic carbocycles. The normalized spacial score (nSPS) is 10.5. The molecule has 0 radical (unpaired) electrons. The Hall–Kier alpha value is -3.41. The molecule has 0 unspecified atom stereocenters. The lowest BCUT2D eigenvalue weighted by Gasteiger charge is -2.17. The summed E-state index contributed by atoms with van der Waals surface area (Å²) in [6.07, 6.45) is 1.50. The van der Waals surface area contributed by atoms with Crippen molar-refractivity contribution in [3.05, 3.63) is 83.2 Å². The van der Waals surface area contributed by atoms with Gasteiger partial charge in [0.05, 0.1) is 24.2 Å². The van der Waals surface area contributed by atoms with Crippen LogP contribution >= 0.6 is 0 Å². The Balaban J connectivity index is 1.75. The minimum atomic E-state index is -0.388. The number of esters is 1. The molecule has 28 heavy (non-hydrogen) atoms. The number of hydrogen-bond acceptors (Lipinski definition) is 4. The molecule has 1 amide bonds. The van der Waals surface area contributed by atoms with Crippen LogP contribution in [0.5, 0.6) is 0 Å². The van der Waals surface area contributed by atoms with E-state index >= 15 is 0 Å². The maximum Gasteiger partial charge on any atom is 0.341 e. The molecule has 1 heterocycles. The number of hydrogen-bond donors (Lipinski definition) is 0. The van der Waals surface area contributed by atoms with Gasteiger partial charge in [0, 0.05) is 19.2 Å². The van der Waals surface area contributed by atoms with Gasteiger partial charge in [0.25, 0.3) is 5.91 Å². The van der Waals surface area contributed by atoms with E-state index in [1.165, 1.54) is 6.20 Å². The summed E-state index contributed by atoms with van der Waals surface area (Å²) in [5, 5.41) is 4.28. The molecule has 0 bridgehead atoms. The third kappa shape index (κ3) is 4.11. The molecule has 0 saturated heterocycles. The smallest absolute Gasteiger partial charge is 0.341 e. The number of benzene rings is 2. The van der Waals surface area contributed by atoms with Crippen molar-refractivity contribution >= 4 is 11.9 Å². The van der Waals surface area contributed by atoms with Gasteiger partial charge < -0.3 is 9.64 Å². The molecule has 6 heteroatoms. The number of amides is 1. The predicted octanol–water partition coefficient (Wildman–Crippen LogP) is 3.63. The van der Waals surface area contributed by atoms with Crippen LogP contribution in [-0.2, 0) is 11.3 Å². The molecule has 3 rings (SSSR count). The van der Waals surface area contributed by atoms with Gasteiger partial charge >= 0.3 is 5.97 Å². The summed E-state index contributed by atoms with van der Waals surface area (Å²) < 4.78 is 6.70. The van der Waals surface area contributed by atoms with Crippen LogP contribution in [0, 0.1) is 6.92 Å². The first-order valence-corrected chi connectivity index (χ1v) is 9.12. The average Bonchev–Trinajstić information content (AvgIpc) is 3.10. The highest BCUT2D eigenvalue weighted by Crippen LogP contribution is 2.17. The van der Waals surface area contributed by atoms with E-state index in [1.807, 2.05) is 49.4 Å². The van der Waals surface area contributed by atoms with Crippen molar-refractivity contribution in [2.45, 2.75) is 20.4 Å². The summed E-state index contributed by atoms with van der Waals surface area (Å²) in [6.45, 7) is 4.44. The number of ether oxygens (including phenoxy) is 1. The standard InChI is InChI=1S/C22H23N3O3/c1-4-28-22(27)20-14-23-25(16(20)2)19-12-10-18(11-13-19)21(26)24(3)15-17-8-6-5-7-9-17/h5-14H,4,15H2,1-3H3. The maximum absolute atomic E-state index is 12.7. The fourth-order valence-corrected chi connectivity index (χ4v) is 2.97. The van der Waals surface area contributed by atoms with Crippen LogP contribution in [-0.4, -0.2) is 40.2 Å². The molecule has 6 nitrogen and oxygen atoms in total. The van der Waals surface area contributed by atoms with Crippen molar-refractivity contribution in [2.24, 2.45) is 0 Å². The lowest BCUT2D eigenvalue weighted by molar-refractivity contribution is 0.0525. The quantitative estimate of drug-likeness (QED) is 0.616. The van der Waals surface area contributed by atoms with Crippen molar-refractivity contribution in [3.63, 3.8) is 0 Å². The molecule has 3 aromatic rings. The third-order valence-electron chi connectivity index (χ3n) is 4.47. The van der Waals surface area contributed by atoms with Gasteiger partial charge in [0.2, 0.25) is 0 Å². The van der Waals surface area contributed by atoms with Crippen molar-refractivity contribution in [2.75, 3.05) is 13.7 Å². The van der Waals surface area contributed by atoms with Gasteiger partial charge in [0.15, 0.2) is 0 Å². The molecule has 0 saturated carbocycles. The zero-order chi connectivity index (χ0) is 20.1. The summed E-state index contributed by atoms with van der Waals surface area (Å²) >= 11 is 0. The molecule has 0 spiro atoms. The number of carbonyl (C=O) groups excluding carboxylic acids is 2. The molecule has 0 aliphatic heterocycles. The molecular formula is C22H23N3O3. The van der Waals surface area contributed by atoms with Gasteiger partial charge in [-0.2, -0.15) is 5.10 Å². The summed E-state index contributed by atoms with van der Waals surface area (Å²) in [5.74, 6) is -0.444. The molecule has 0 N–H and O–H groups in total. The van der Waals surface area contributed by atoms with Crippen LogP contribution in [0.25, 0.3) is 5.69 Å². The number of nitrogens with zero attached hydrogens (tertiary/aromatic N) is 3. The van der Waals surface area contributed by atoms with Crippen molar-refractivity contribution < 1.29 is 14.3 Å². The average molecular weight is 377 g/mol. The van der Waals surface area contributed by atoms with Crippen molar-refractivity contribution in [1.29, 1.82) is 0 Å². The fraction of sp³-hybridized carbons (Fsp3) is 0.227. The fourth-order valence-electron chi connectivity index (χ4n) is 2.97. The van der Waals surface area contributed by atoms with Gasteiger partial charge in [-0.3, -0.25) is 4.79 Å². The molecule has 0 atom stereocenters. The first kappa shape index (κ1) is 19.4. The highest BCUT2D eigenvalue weighted by Gasteiger charge is 2.17. The summed E-state index contributed by atoms with van der Waals surface area (Å²) in [7, 11) is 1.78. The molecule has 1 aromatic heterocycles. The van der Waals surface area contributed by atoms with Gasteiger partial charge in [-0.25, -0.2) is 9.48 Å². The minimum absolute atomic E-state index is 0.0557. The largest absolute Gasteiger partial charge is 0.462 e. The van der Waals surface area contributed by atoms with Gasteiger partial charge in [-0.1, -0.05) is 30.3 Å². The Labute approximate surface area is 164 Å². The number of rotatable bonds is 6. The second-order valence-corrected chi connectivity index (χ2v) is 6.47. The van der Waals surface area contributed by atoms with Gasteiger partial charge in [0.1, 0.15) is 5.56 Å². The molecule has 0 fully saturated rings. The van der Waals surface area contributed by atoms with Crippen LogP contribution in [0.1, 0.15) is 38.9 Å². The Kier molecular flexibility index (Phi) is 5.89. The van der Waals surface area contributed by atoms with E-state index in [0.717, 1.165) is 11.3 Å². The summed E-state index contributed by atoms with van der Waals surface area (Å²) in [4.78, 5) is 26.3. The Morgan fingerprint density at radius 2 is 1.75 bits per heavy atom. The number of aromatic nitrogens is 2. The zero-order valence-corrected chi connectivity index (χ0v) is 16.3. The SMILES string of the molecule is CCOC(=O)c1cnn(-c2ccc(C(=O)N(C)Cc3ccccc3)cc2)c1C. The van der Waals surface area contributed by atoms with Crippen LogP contribution in [0.4, 0.5) is 0 Å². The minimum Gasteiger partial charge on any atom is -0.462 e. The molecule has 144 valence electrons. The highest BCUT2D eigenvalue weighted by molar-refractivity contribution is 5.94. The van der Waals surface area contributed by atoms with Crippen LogP contribution in [0.2, 0.25) is 0 Å². The van der Waals surface area contributed by atoms with Crippen LogP contribution in [0.3, 0.4) is 0 Å². The van der Waals surface area contributed by atoms with E-state index in [1.54, 1.807) is 35.7 Å². The first-order valence-electron chi connectivity index (χ1n) is 9.12. The Morgan fingerprint density at radius 1 is 1.07 bits per heavy atom. The lowest BCUT2D eigenvalue weighted by Crippen LogP contribution is -2.26. The van der Waals surface area contributed by atoms with Crippen molar-refractivity contribution in [3.8, 4) is 5.69 Å². The van der Waals surface area contributed by atoms with Crippen LogP contribution in [0.15, 0.2) is 60.8 Å². The Bertz CT molecular complexity index is 962. The Morgan fingerprint density at radius 3 is 2.39 bits per heavy atom. The van der Waals surface area contributed by atoms with Crippen molar-refractivity contribution in [1.82, 2.24) is 14.7 Å². The van der Waals surface area contributed by atoms with Gasteiger partial charge in [-0.15, -0.1) is 0 Å². The topological polar surface area (TPSA) is 64.4 Å². The van der Waals surface area contributed by atoms with E-state index in [9.17, 15) is 9.59 Å². The van der Waals surface area contributed by atoms with Crippen LogP contribution < -0.4 is 0 Å². The summed E-state index contributed by atoms with van der Waals surface area (Å²) in [6, 6.07) is 17.0. The molecule has 0 aliphatic rings. The van der Waals surface area contributed by atoms with E-state index in [0.29, 0.717) is 30.0 Å². The summed E-state index contributed by atoms with van der Waals surface area (Å²) in [5.41, 5.74) is 3.57. The first-order chi connectivity index (χ1) is 13.5. The van der Waals surface area contributed by atoms with E-state index in [4.69, 9.17) is 4.74 Å². The zero-order valence-electron chi connectivity index (χ0n) is 16.3. The predicted molar refractivity (Wildman–Crippen MR) is 106 cm³/mol. The highest BCUT2D eigenvalue weighted by atomic mass is 16.5. The van der Waals surface area contributed by atoms with E-state index in [-0.39, 0.29) is 11.9 Å². The number of carbonyl (C=O) groups is 2. The third-order valence-corrected chi connectivity index (χ3v) is 4.47. The van der Waals surface area contributed by atoms with E-state index < -0.39 is 0 Å².